The van der Waals surface area contributed by atoms with Crippen molar-refractivity contribution in [1.29, 1.82) is 0 Å². The van der Waals surface area contributed by atoms with Crippen LogP contribution >= 0.6 is 0 Å². The summed E-state index contributed by atoms with van der Waals surface area (Å²) in [5.41, 5.74) is 2.79. The van der Waals surface area contributed by atoms with E-state index in [0.29, 0.717) is 22.8 Å². The smallest absolute Gasteiger partial charge is 0.326 e. The number of H-pyrrole nitrogens is 1. The molecule has 9 heteroatoms. The number of para-hydroxylation sites is 1. The number of aromatic nitrogens is 1. The number of carboxylic acids is 1. The Morgan fingerprint density at radius 3 is 2.74 bits per heavy atom. The highest BCUT2D eigenvalue weighted by atomic mass is 16.5. The quantitative estimate of drug-likeness (QED) is 0.290. The van der Waals surface area contributed by atoms with E-state index in [-0.39, 0.29) is 18.0 Å². The number of hydrogen-bond acceptors (Lipinski definition) is 6. The first-order chi connectivity index (χ1) is 18.4. The number of benzene rings is 3. The maximum Gasteiger partial charge on any atom is 0.326 e. The Hall–Kier alpha value is -5.05. The number of amides is 1. The Kier molecular flexibility index (Phi) is 6.82. The maximum atomic E-state index is 12.7. The van der Waals surface area contributed by atoms with E-state index in [4.69, 9.17) is 14.2 Å². The highest BCUT2D eigenvalue weighted by Gasteiger charge is 2.28. The average Bonchev–Trinajstić information content (AvgIpc) is 3.47. The van der Waals surface area contributed by atoms with E-state index >= 15 is 0 Å². The standard InChI is InChI=1S/C29H24N2O7/c1-36-19-6-4-5-17(11-19)12-26-28(33)22-10-9-20(14-25(22)38-26)37-16-27(32)31-24(29(34)35)13-18-15-30-23-8-3-2-7-21(18)23/h2-12,14-15,24,30H,13,16H2,1H3,(H,31,32)(H,34,35)/t24-/m1/s1. The molecule has 0 saturated carbocycles. The number of carbonyl (C=O) groups is 3. The molecule has 0 spiro atoms. The summed E-state index contributed by atoms with van der Waals surface area (Å²) in [5, 5.41) is 13.1. The largest absolute Gasteiger partial charge is 0.497 e. The van der Waals surface area contributed by atoms with Crippen LogP contribution in [0.2, 0.25) is 0 Å². The molecule has 9 nitrogen and oxygen atoms in total. The van der Waals surface area contributed by atoms with Crippen molar-refractivity contribution in [2.75, 3.05) is 13.7 Å². The Labute approximate surface area is 217 Å². The molecule has 5 rings (SSSR count). The molecule has 1 atom stereocenters. The molecule has 1 aliphatic rings. The predicted molar refractivity (Wildman–Crippen MR) is 139 cm³/mol. The van der Waals surface area contributed by atoms with Crippen molar-refractivity contribution in [2.45, 2.75) is 12.5 Å². The van der Waals surface area contributed by atoms with Gasteiger partial charge in [0.15, 0.2) is 12.4 Å². The summed E-state index contributed by atoms with van der Waals surface area (Å²) in [6.07, 6.45) is 3.48. The number of carbonyl (C=O) groups excluding carboxylic acids is 2. The van der Waals surface area contributed by atoms with Crippen LogP contribution in [0, 0.1) is 0 Å². The zero-order chi connectivity index (χ0) is 26.6. The summed E-state index contributed by atoms with van der Waals surface area (Å²) in [6.45, 7) is -0.406. The van der Waals surface area contributed by atoms with Crippen LogP contribution in [-0.2, 0) is 16.0 Å². The van der Waals surface area contributed by atoms with Crippen LogP contribution in [0.4, 0.5) is 0 Å². The molecule has 0 saturated heterocycles. The fraction of sp³-hybridized carbons (Fsp3) is 0.138. The van der Waals surface area contributed by atoms with Crippen LogP contribution in [0.3, 0.4) is 0 Å². The van der Waals surface area contributed by atoms with E-state index in [1.54, 1.807) is 43.6 Å². The number of Topliss-reactive ketones (excluding diaryl/α,β-unsaturated/α-hetero) is 1. The SMILES string of the molecule is COc1cccc(C=C2Oc3cc(OCC(=O)N[C@H](Cc4c[nH]c5ccccc45)C(=O)O)ccc3C2=O)c1. The van der Waals surface area contributed by atoms with Crippen molar-refractivity contribution in [1.82, 2.24) is 10.3 Å². The third-order valence-corrected chi connectivity index (χ3v) is 6.14. The van der Waals surface area contributed by atoms with Crippen molar-refractivity contribution >= 4 is 34.6 Å². The number of aliphatic carboxylic acids is 1. The Balaban J connectivity index is 1.21. The monoisotopic (exact) mass is 512 g/mol. The van der Waals surface area contributed by atoms with Crippen LogP contribution in [0.25, 0.3) is 17.0 Å². The fourth-order valence-corrected chi connectivity index (χ4v) is 4.25. The van der Waals surface area contributed by atoms with Gasteiger partial charge < -0.3 is 29.6 Å². The topological polar surface area (TPSA) is 127 Å². The molecule has 0 fully saturated rings. The van der Waals surface area contributed by atoms with E-state index in [2.05, 4.69) is 10.3 Å². The number of fused-ring (bicyclic) bond motifs is 2. The second-order valence-electron chi connectivity index (χ2n) is 8.68. The third kappa shape index (κ3) is 5.22. The minimum atomic E-state index is -1.15. The lowest BCUT2D eigenvalue weighted by atomic mass is 10.1. The van der Waals surface area contributed by atoms with E-state index in [1.165, 1.54) is 6.07 Å². The molecular weight excluding hydrogens is 488 g/mol. The molecule has 4 aromatic rings. The Morgan fingerprint density at radius 2 is 1.92 bits per heavy atom. The number of methoxy groups -OCH3 is 1. The maximum absolute atomic E-state index is 12.7. The average molecular weight is 513 g/mol. The van der Waals surface area contributed by atoms with Crippen LogP contribution in [0.1, 0.15) is 21.5 Å². The van der Waals surface area contributed by atoms with Gasteiger partial charge in [-0.3, -0.25) is 9.59 Å². The van der Waals surface area contributed by atoms with Gasteiger partial charge in [0.25, 0.3) is 5.91 Å². The second-order valence-corrected chi connectivity index (χ2v) is 8.68. The highest BCUT2D eigenvalue weighted by Crippen LogP contribution is 2.35. The Morgan fingerprint density at radius 1 is 1.08 bits per heavy atom. The number of ether oxygens (including phenoxy) is 3. The van der Waals surface area contributed by atoms with Crippen LogP contribution in [-0.4, -0.2) is 47.5 Å². The summed E-state index contributed by atoms with van der Waals surface area (Å²) >= 11 is 0. The molecule has 38 heavy (non-hydrogen) atoms. The van der Waals surface area contributed by atoms with Crippen LogP contribution in [0.15, 0.2) is 78.7 Å². The molecule has 1 aromatic heterocycles. The molecule has 3 aromatic carbocycles. The van der Waals surface area contributed by atoms with Gasteiger partial charge in [-0.2, -0.15) is 0 Å². The molecule has 192 valence electrons. The second kappa shape index (κ2) is 10.5. The molecule has 1 aliphatic heterocycles. The van der Waals surface area contributed by atoms with Crippen LogP contribution in [0.5, 0.6) is 17.2 Å². The lowest BCUT2D eigenvalue weighted by molar-refractivity contribution is -0.142. The van der Waals surface area contributed by atoms with Crippen LogP contribution < -0.4 is 19.5 Å². The number of hydrogen-bond donors (Lipinski definition) is 3. The lowest BCUT2D eigenvalue weighted by Gasteiger charge is -2.15. The lowest BCUT2D eigenvalue weighted by Crippen LogP contribution is -2.44. The van der Waals surface area contributed by atoms with Gasteiger partial charge in [-0.05, 0) is 47.5 Å². The molecule has 0 unspecified atom stereocenters. The van der Waals surface area contributed by atoms with Crippen molar-refractivity contribution < 1.29 is 33.7 Å². The first-order valence-electron chi connectivity index (χ1n) is 11.8. The molecule has 0 radical (unpaired) electrons. The van der Waals surface area contributed by atoms with E-state index in [1.807, 2.05) is 36.4 Å². The van der Waals surface area contributed by atoms with Gasteiger partial charge in [0.1, 0.15) is 23.3 Å². The highest BCUT2D eigenvalue weighted by molar-refractivity contribution is 6.14. The van der Waals surface area contributed by atoms with Crippen molar-refractivity contribution in [3.8, 4) is 17.2 Å². The summed E-state index contributed by atoms with van der Waals surface area (Å²) < 4.78 is 16.5. The summed E-state index contributed by atoms with van der Waals surface area (Å²) in [6, 6.07) is 18.3. The van der Waals surface area contributed by atoms with Gasteiger partial charge >= 0.3 is 5.97 Å². The van der Waals surface area contributed by atoms with Gasteiger partial charge in [0.05, 0.1) is 12.7 Å². The molecular formula is C29H24N2O7. The minimum Gasteiger partial charge on any atom is -0.497 e. The Bertz CT molecular complexity index is 1570. The fourth-order valence-electron chi connectivity index (χ4n) is 4.25. The molecule has 3 N–H and O–H groups in total. The predicted octanol–water partition coefficient (Wildman–Crippen LogP) is 3.98. The zero-order valence-corrected chi connectivity index (χ0v) is 20.4. The van der Waals surface area contributed by atoms with E-state index in [9.17, 15) is 19.5 Å². The van der Waals surface area contributed by atoms with Crippen molar-refractivity contribution in [2.24, 2.45) is 0 Å². The number of nitrogens with one attached hydrogen (secondary N) is 2. The number of rotatable bonds is 9. The van der Waals surface area contributed by atoms with Gasteiger partial charge in [0, 0.05) is 29.6 Å². The van der Waals surface area contributed by atoms with Crippen molar-refractivity contribution in [3.63, 3.8) is 0 Å². The number of ketones is 1. The van der Waals surface area contributed by atoms with Gasteiger partial charge in [-0.15, -0.1) is 0 Å². The number of aromatic amines is 1. The zero-order valence-electron chi connectivity index (χ0n) is 20.4. The molecule has 0 aliphatic carbocycles. The molecule has 2 heterocycles. The minimum absolute atomic E-state index is 0.113. The normalized spacial score (nSPS) is 14.1. The molecule has 0 bridgehead atoms. The first-order valence-corrected chi connectivity index (χ1v) is 11.8. The summed E-state index contributed by atoms with van der Waals surface area (Å²) in [5.74, 6) is -0.583. The summed E-state index contributed by atoms with van der Waals surface area (Å²) in [4.78, 5) is 40.2. The third-order valence-electron chi connectivity index (χ3n) is 6.14. The first kappa shape index (κ1) is 24.6. The molecule has 1 amide bonds. The van der Waals surface area contributed by atoms with E-state index in [0.717, 1.165) is 22.0 Å². The van der Waals surface area contributed by atoms with E-state index < -0.39 is 24.5 Å². The van der Waals surface area contributed by atoms with Gasteiger partial charge in [0.2, 0.25) is 5.78 Å². The van der Waals surface area contributed by atoms with Gasteiger partial charge in [-0.1, -0.05) is 30.3 Å². The van der Waals surface area contributed by atoms with Crippen molar-refractivity contribution in [3.05, 3.63) is 95.4 Å². The number of carboxylic acid groups (broad SMARTS) is 1. The number of allylic oxidation sites excluding steroid dienone is 1. The van der Waals surface area contributed by atoms with Gasteiger partial charge in [-0.25, -0.2) is 4.79 Å². The summed E-state index contributed by atoms with van der Waals surface area (Å²) in [7, 11) is 1.56.